The molecule has 1 unspecified atom stereocenters. The van der Waals surface area contributed by atoms with E-state index >= 15 is 0 Å². The largest absolute Gasteiger partial charge is 0.465 e. The summed E-state index contributed by atoms with van der Waals surface area (Å²) < 4.78 is 19.2. The van der Waals surface area contributed by atoms with Crippen molar-refractivity contribution in [3.63, 3.8) is 0 Å². The van der Waals surface area contributed by atoms with Crippen LogP contribution >= 0.6 is 0 Å². The minimum Gasteiger partial charge on any atom is -0.465 e. The molecule has 2 heterocycles. The summed E-state index contributed by atoms with van der Waals surface area (Å²) in [7, 11) is 0. The van der Waals surface area contributed by atoms with Crippen molar-refractivity contribution in [3.8, 4) is 0 Å². The monoisotopic (exact) mass is 344 g/mol. The summed E-state index contributed by atoms with van der Waals surface area (Å²) >= 11 is 0. The van der Waals surface area contributed by atoms with Gasteiger partial charge in [-0.2, -0.15) is 0 Å². The molecule has 1 aromatic carbocycles. The first-order valence-corrected chi connectivity index (χ1v) is 8.92. The van der Waals surface area contributed by atoms with Crippen LogP contribution in [0.1, 0.15) is 37.2 Å². The van der Waals surface area contributed by atoms with Gasteiger partial charge in [0.1, 0.15) is 17.3 Å². The average molecular weight is 344 g/mol. The molecule has 1 amide bonds. The summed E-state index contributed by atoms with van der Waals surface area (Å²) in [5, 5.41) is 2.66. The quantitative estimate of drug-likeness (QED) is 0.847. The smallest absolute Gasteiger partial charge is 0.224 e. The normalized spacial score (nSPS) is 18.2. The Morgan fingerprint density at radius 2 is 2.16 bits per heavy atom. The van der Waals surface area contributed by atoms with Crippen LogP contribution in [0.25, 0.3) is 0 Å². The van der Waals surface area contributed by atoms with Gasteiger partial charge in [-0.1, -0.05) is 12.1 Å². The predicted molar refractivity (Wildman–Crippen MR) is 95.7 cm³/mol. The highest BCUT2D eigenvalue weighted by Crippen LogP contribution is 2.23. The molecule has 0 radical (unpaired) electrons. The Bertz CT molecular complexity index is 713. The summed E-state index contributed by atoms with van der Waals surface area (Å²) in [6, 6.07) is 10.3. The van der Waals surface area contributed by atoms with Crippen molar-refractivity contribution in [2.45, 2.75) is 39.2 Å². The Kier molecular flexibility index (Phi) is 5.87. The third kappa shape index (κ3) is 5.16. The van der Waals surface area contributed by atoms with E-state index in [0.29, 0.717) is 12.3 Å². The second-order valence-electron chi connectivity index (χ2n) is 6.82. The Morgan fingerprint density at radius 3 is 2.92 bits per heavy atom. The fourth-order valence-electron chi connectivity index (χ4n) is 3.43. The van der Waals surface area contributed by atoms with Gasteiger partial charge in [0.05, 0.1) is 12.2 Å². The number of nitrogens with zero attached hydrogens (tertiary/aromatic N) is 1. The second kappa shape index (κ2) is 8.30. The van der Waals surface area contributed by atoms with E-state index in [1.807, 2.05) is 19.1 Å². The molecule has 5 heteroatoms. The number of hydrogen-bond donors (Lipinski definition) is 1. The minimum atomic E-state index is -0.395. The first kappa shape index (κ1) is 17.7. The Labute approximate surface area is 148 Å². The molecule has 1 aliphatic rings. The molecule has 1 aromatic heterocycles. The van der Waals surface area contributed by atoms with Gasteiger partial charge in [-0.3, -0.25) is 9.69 Å². The van der Waals surface area contributed by atoms with Crippen LogP contribution in [0.15, 0.2) is 40.8 Å². The number of furan rings is 1. The molecule has 1 aliphatic heterocycles. The van der Waals surface area contributed by atoms with Crippen LogP contribution in [0.3, 0.4) is 0 Å². The van der Waals surface area contributed by atoms with Crippen LogP contribution in [-0.4, -0.2) is 23.9 Å². The van der Waals surface area contributed by atoms with E-state index in [-0.39, 0.29) is 11.6 Å². The first-order valence-electron chi connectivity index (χ1n) is 8.92. The lowest BCUT2D eigenvalue weighted by atomic mass is 9.93. The highest BCUT2D eigenvalue weighted by Gasteiger charge is 2.21. The maximum absolute atomic E-state index is 13.6. The number of carbonyl (C=O) groups is 1. The number of piperidine rings is 1. The zero-order valence-corrected chi connectivity index (χ0v) is 14.6. The lowest BCUT2D eigenvalue weighted by molar-refractivity contribution is -0.116. The average Bonchev–Trinajstić information content (AvgIpc) is 3.00. The SMILES string of the molecule is Cc1ccc(CN2CCCC(CCC(=O)Nc3ccccc3F)C2)o1. The first-order chi connectivity index (χ1) is 12.1. The van der Waals surface area contributed by atoms with Crippen molar-refractivity contribution >= 4 is 11.6 Å². The molecule has 1 fully saturated rings. The number of nitrogens with one attached hydrogen (secondary N) is 1. The van der Waals surface area contributed by atoms with Crippen molar-refractivity contribution in [2.24, 2.45) is 5.92 Å². The summed E-state index contributed by atoms with van der Waals surface area (Å²) in [6.45, 7) is 4.83. The van der Waals surface area contributed by atoms with Crippen molar-refractivity contribution in [1.29, 1.82) is 0 Å². The van der Waals surface area contributed by atoms with Crippen molar-refractivity contribution in [1.82, 2.24) is 4.90 Å². The standard InChI is InChI=1S/C20H25FN2O2/c1-15-8-10-17(25-15)14-23-12-4-5-16(13-23)9-11-20(24)22-19-7-3-2-6-18(19)21/h2-3,6-8,10,16H,4-5,9,11-14H2,1H3,(H,22,24). The molecular weight excluding hydrogens is 319 g/mol. The molecule has 3 rings (SSSR count). The van der Waals surface area contributed by atoms with Crippen molar-refractivity contribution in [2.75, 3.05) is 18.4 Å². The van der Waals surface area contributed by atoms with Crippen LogP contribution in [-0.2, 0) is 11.3 Å². The van der Waals surface area contributed by atoms with Gasteiger partial charge in [-0.05, 0) is 62.9 Å². The highest BCUT2D eigenvalue weighted by atomic mass is 19.1. The number of carbonyl (C=O) groups excluding carboxylic acids is 1. The number of halogens is 1. The van der Waals surface area contributed by atoms with E-state index in [1.165, 1.54) is 6.07 Å². The van der Waals surface area contributed by atoms with E-state index in [9.17, 15) is 9.18 Å². The summed E-state index contributed by atoms with van der Waals surface area (Å²) in [5.74, 6) is 1.91. The van der Waals surface area contributed by atoms with E-state index in [4.69, 9.17) is 4.42 Å². The zero-order chi connectivity index (χ0) is 17.6. The van der Waals surface area contributed by atoms with Gasteiger partial charge >= 0.3 is 0 Å². The van der Waals surface area contributed by atoms with Gasteiger partial charge in [-0.25, -0.2) is 4.39 Å². The van der Waals surface area contributed by atoms with Gasteiger partial charge in [0, 0.05) is 13.0 Å². The number of benzene rings is 1. The van der Waals surface area contributed by atoms with E-state index in [2.05, 4.69) is 10.2 Å². The molecular formula is C20H25FN2O2. The molecule has 134 valence electrons. The number of para-hydroxylation sites is 1. The van der Waals surface area contributed by atoms with Gasteiger partial charge < -0.3 is 9.73 Å². The number of aryl methyl sites for hydroxylation is 1. The molecule has 0 saturated carbocycles. The fraction of sp³-hybridized carbons (Fsp3) is 0.450. The van der Waals surface area contributed by atoms with Crippen LogP contribution in [0.2, 0.25) is 0 Å². The Hall–Kier alpha value is -2.14. The number of hydrogen-bond acceptors (Lipinski definition) is 3. The maximum atomic E-state index is 13.6. The molecule has 1 atom stereocenters. The van der Waals surface area contributed by atoms with Gasteiger partial charge in [0.15, 0.2) is 0 Å². The Balaban J connectivity index is 1.44. The lowest BCUT2D eigenvalue weighted by Gasteiger charge is -2.32. The van der Waals surface area contributed by atoms with Crippen molar-refractivity contribution in [3.05, 3.63) is 53.7 Å². The molecule has 1 saturated heterocycles. The van der Waals surface area contributed by atoms with Crippen LogP contribution < -0.4 is 5.32 Å². The maximum Gasteiger partial charge on any atom is 0.224 e. The predicted octanol–water partition coefficient (Wildman–Crippen LogP) is 4.36. The molecule has 0 spiro atoms. The number of amides is 1. The van der Waals surface area contributed by atoms with Gasteiger partial charge in [0.2, 0.25) is 5.91 Å². The summed E-state index contributed by atoms with van der Waals surface area (Å²) in [6.07, 6.45) is 3.53. The number of likely N-dealkylation sites (tertiary alicyclic amines) is 1. The third-order valence-corrected chi connectivity index (χ3v) is 4.71. The van der Waals surface area contributed by atoms with Gasteiger partial charge in [-0.15, -0.1) is 0 Å². The number of rotatable bonds is 6. The van der Waals surface area contributed by atoms with Crippen LogP contribution in [0.4, 0.5) is 10.1 Å². The number of anilines is 1. The fourth-order valence-corrected chi connectivity index (χ4v) is 3.43. The Morgan fingerprint density at radius 1 is 1.32 bits per heavy atom. The lowest BCUT2D eigenvalue weighted by Crippen LogP contribution is -2.35. The molecule has 2 aromatic rings. The minimum absolute atomic E-state index is 0.121. The summed E-state index contributed by atoms with van der Waals surface area (Å²) in [4.78, 5) is 14.5. The molecule has 0 aliphatic carbocycles. The third-order valence-electron chi connectivity index (χ3n) is 4.71. The molecule has 0 bridgehead atoms. The van der Waals surface area contributed by atoms with E-state index in [1.54, 1.807) is 18.2 Å². The van der Waals surface area contributed by atoms with Crippen LogP contribution in [0.5, 0.6) is 0 Å². The van der Waals surface area contributed by atoms with E-state index < -0.39 is 5.82 Å². The van der Waals surface area contributed by atoms with Gasteiger partial charge in [0.25, 0.3) is 0 Å². The molecule has 25 heavy (non-hydrogen) atoms. The topological polar surface area (TPSA) is 45.5 Å². The van der Waals surface area contributed by atoms with Crippen molar-refractivity contribution < 1.29 is 13.6 Å². The highest BCUT2D eigenvalue weighted by molar-refractivity contribution is 5.90. The zero-order valence-electron chi connectivity index (χ0n) is 14.6. The summed E-state index contributed by atoms with van der Waals surface area (Å²) in [5.41, 5.74) is 0.256. The second-order valence-corrected chi connectivity index (χ2v) is 6.82. The van der Waals surface area contributed by atoms with E-state index in [0.717, 1.165) is 50.4 Å². The van der Waals surface area contributed by atoms with Crippen LogP contribution in [0, 0.1) is 18.7 Å². The molecule has 1 N–H and O–H groups in total. The molecule has 4 nitrogen and oxygen atoms in total.